The molecule has 0 aliphatic rings. The van der Waals surface area contributed by atoms with E-state index >= 15 is 0 Å². The van der Waals surface area contributed by atoms with Gasteiger partial charge in [0, 0.05) is 10.6 Å². The van der Waals surface area contributed by atoms with Gasteiger partial charge in [-0.3, -0.25) is 4.79 Å². The highest BCUT2D eigenvalue weighted by atomic mass is 35.5. The molecule has 0 bridgehead atoms. The fraction of sp³-hybridized carbons (Fsp3) is 0.0526. The molecule has 25 heavy (non-hydrogen) atoms. The van der Waals surface area contributed by atoms with Crippen molar-refractivity contribution in [2.45, 2.75) is 4.90 Å². The molecule has 0 unspecified atom stereocenters. The maximum absolute atomic E-state index is 12.2. The van der Waals surface area contributed by atoms with E-state index in [1.165, 1.54) is 23.9 Å². The van der Waals surface area contributed by atoms with E-state index in [9.17, 15) is 9.59 Å². The Labute approximate surface area is 153 Å². The van der Waals surface area contributed by atoms with Crippen LogP contribution >= 0.6 is 23.4 Å². The van der Waals surface area contributed by atoms with Crippen molar-refractivity contribution in [1.29, 1.82) is 0 Å². The Morgan fingerprint density at radius 2 is 1.80 bits per heavy atom. The first-order valence-electron chi connectivity index (χ1n) is 7.48. The number of aromatic carboxylic acids is 1. The Morgan fingerprint density at radius 1 is 1.04 bits per heavy atom. The predicted molar refractivity (Wildman–Crippen MR) is 102 cm³/mol. The van der Waals surface area contributed by atoms with Gasteiger partial charge in [0.05, 0.1) is 16.3 Å². The van der Waals surface area contributed by atoms with E-state index in [0.29, 0.717) is 5.69 Å². The SMILES string of the molecule is O=C(CSc1cccc2ccccc12)Nc1ccc(Cl)c(C(=O)O)c1. The topological polar surface area (TPSA) is 66.4 Å². The first kappa shape index (κ1) is 17.3. The van der Waals surface area contributed by atoms with Crippen LogP contribution in [0.25, 0.3) is 10.8 Å². The predicted octanol–water partition coefficient (Wildman–Crippen LogP) is 4.92. The molecule has 0 saturated heterocycles. The summed E-state index contributed by atoms with van der Waals surface area (Å²) in [6.45, 7) is 0. The van der Waals surface area contributed by atoms with Crippen LogP contribution in [-0.4, -0.2) is 22.7 Å². The number of fused-ring (bicyclic) bond motifs is 1. The summed E-state index contributed by atoms with van der Waals surface area (Å²) in [6.07, 6.45) is 0. The molecule has 1 amide bonds. The van der Waals surface area contributed by atoms with Gasteiger partial charge < -0.3 is 10.4 Å². The smallest absolute Gasteiger partial charge is 0.337 e. The third-order valence-electron chi connectivity index (χ3n) is 3.59. The highest BCUT2D eigenvalue weighted by molar-refractivity contribution is 8.00. The summed E-state index contributed by atoms with van der Waals surface area (Å²) in [5, 5.41) is 14.1. The number of carboxylic acid groups (broad SMARTS) is 1. The third kappa shape index (κ3) is 4.13. The Morgan fingerprint density at radius 3 is 2.60 bits per heavy atom. The summed E-state index contributed by atoms with van der Waals surface area (Å²) in [7, 11) is 0. The second-order valence-electron chi connectivity index (χ2n) is 5.31. The molecule has 0 aliphatic carbocycles. The van der Waals surface area contributed by atoms with Gasteiger partial charge in [0.25, 0.3) is 0 Å². The summed E-state index contributed by atoms with van der Waals surface area (Å²) in [5.74, 6) is -1.12. The van der Waals surface area contributed by atoms with Crippen LogP contribution in [0.15, 0.2) is 65.6 Å². The molecular formula is C19H14ClNO3S. The van der Waals surface area contributed by atoms with E-state index in [-0.39, 0.29) is 22.2 Å². The van der Waals surface area contributed by atoms with Crippen LogP contribution in [0.5, 0.6) is 0 Å². The van der Waals surface area contributed by atoms with Gasteiger partial charge in [0.15, 0.2) is 0 Å². The lowest BCUT2D eigenvalue weighted by Crippen LogP contribution is -2.14. The van der Waals surface area contributed by atoms with Crippen LogP contribution in [0.3, 0.4) is 0 Å². The fourth-order valence-corrected chi connectivity index (χ4v) is 3.50. The van der Waals surface area contributed by atoms with Crippen molar-refractivity contribution in [3.05, 3.63) is 71.2 Å². The van der Waals surface area contributed by atoms with Crippen molar-refractivity contribution in [1.82, 2.24) is 0 Å². The Balaban J connectivity index is 1.69. The number of carbonyl (C=O) groups is 2. The summed E-state index contributed by atoms with van der Waals surface area (Å²) < 4.78 is 0. The summed E-state index contributed by atoms with van der Waals surface area (Å²) in [5.41, 5.74) is 0.367. The number of amides is 1. The van der Waals surface area contributed by atoms with Gasteiger partial charge in [-0.1, -0.05) is 48.0 Å². The van der Waals surface area contributed by atoms with E-state index < -0.39 is 5.97 Å². The van der Waals surface area contributed by atoms with Crippen molar-refractivity contribution in [2.24, 2.45) is 0 Å². The van der Waals surface area contributed by atoms with E-state index in [0.717, 1.165) is 15.7 Å². The van der Waals surface area contributed by atoms with Gasteiger partial charge in [-0.2, -0.15) is 0 Å². The molecule has 0 atom stereocenters. The third-order valence-corrected chi connectivity index (χ3v) is 4.99. The largest absolute Gasteiger partial charge is 0.478 e. The maximum atomic E-state index is 12.2. The summed E-state index contributed by atoms with van der Waals surface area (Å²) in [4.78, 5) is 24.3. The molecule has 6 heteroatoms. The first-order chi connectivity index (χ1) is 12.0. The molecule has 0 saturated carbocycles. The van der Waals surface area contributed by atoms with Crippen molar-refractivity contribution in [3.63, 3.8) is 0 Å². The molecule has 3 aromatic carbocycles. The van der Waals surface area contributed by atoms with Crippen molar-refractivity contribution in [2.75, 3.05) is 11.1 Å². The van der Waals surface area contributed by atoms with Crippen LogP contribution in [0, 0.1) is 0 Å². The number of anilines is 1. The normalized spacial score (nSPS) is 10.6. The number of hydrogen-bond acceptors (Lipinski definition) is 3. The molecular weight excluding hydrogens is 358 g/mol. The molecule has 0 heterocycles. The summed E-state index contributed by atoms with van der Waals surface area (Å²) in [6, 6.07) is 18.3. The average molecular weight is 372 g/mol. The van der Waals surface area contributed by atoms with Gasteiger partial charge in [-0.25, -0.2) is 4.79 Å². The molecule has 0 aliphatic heterocycles. The van der Waals surface area contributed by atoms with E-state index in [1.807, 2.05) is 42.5 Å². The zero-order chi connectivity index (χ0) is 17.8. The molecule has 0 radical (unpaired) electrons. The lowest BCUT2D eigenvalue weighted by atomic mass is 10.1. The molecule has 0 spiro atoms. The number of rotatable bonds is 5. The number of halogens is 1. The lowest BCUT2D eigenvalue weighted by Gasteiger charge is -2.08. The van der Waals surface area contributed by atoms with Gasteiger partial charge >= 0.3 is 5.97 Å². The molecule has 126 valence electrons. The van der Waals surface area contributed by atoms with Gasteiger partial charge in [-0.05, 0) is 35.0 Å². The number of thioether (sulfide) groups is 1. The number of carboxylic acids is 1. The minimum atomic E-state index is -1.13. The molecule has 4 nitrogen and oxygen atoms in total. The van der Waals surface area contributed by atoms with Crippen molar-refractivity contribution in [3.8, 4) is 0 Å². The minimum absolute atomic E-state index is 0.0406. The van der Waals surface area contributed by atoms with Crippen molar-refractivity contribution < 1.29 is 14.7 Å². The number of nitrogens with one attached hydrogen (secondary N) is 1. The zero-order valence-corrected chi connectivity index (χ0v) is 14.6. The van der Waals surface area contributed by atoms with Crippen LogP contribution in [-0.2, 0) is 4.79 Å². The van der Waals surface area contributed by atoms with Crippen LogP contribution in [0.4, 0.5) is 5.69 Å². The minimum Gasteiger partial charge on any atom is -0.478 e. The van der Waals surface area contributed by atoms with Gasteiger partial charge in [-0.15, -0.1) is 11.8 Å². The monoisotopic (exact) mass is 371 g/mol. The number of carbonyl (C=O) groups excluding carboxylic acids is 1. The Kier molecular flexibility index (Phi) is 5.26. The lowest BCUT2D eigenvalue weighted by molar-refractivity contribution is -0.113. The first-order valence-corrected chi connectivity index (χ1v) is 8.84. The highest BCUT2D eigenvalue weighted by Crippen LogP contribution is 2.28. The standard InChI is InChI=1S/C19H14ClNO3S/c20-16-9-8-13(10-15(16)19(23)24)21-18(22)11-25-17-7-3-5-12-4-1-2-6-14(12)17/h1-10H,11H2,(H,21,22)(H,23,24). The second-order valence-corrected chi connectivity index (χ2v) is 6.74. The van der Waals surface area contributed by atoms with Gasteiger partial charge in [0.2, 0.25) is 5.91 Å². The van der Waals surface area contributed by atoms with E-state index in [1.54, 1.807) is 6.07 Å². The highest BCUT2D eigenvalue weighted by Gasteiger charge is 2.11. The Hall–Kier alpha value is -2.50. The maximum Gasteiger partial charge on any atom is 0.337 e. The number of benzene rings is 3. The molecule has 0 fully saturated rings. The molecule has 0 aromatic heterocycles. The van der Waals surface area contributed by atoms with Gasteiger partial charge in [0.1, 0.15) is 0 Å². The quantitative estimate of drug-likeness (QED) is 0.624. The zero-order valence-electron chi connectivity index (χ0n) is 13.0. The van der Waals surface area contributed by atoms with Crippen molar-refractivity contribution >= 4 is 51.7 Å². The van der Waals surface area contributed by atoms with E-state index in [4.69, 9.17) is 16.7 Å². The average Bonchev–Trinajstić information content (AvgIpc) is 2.61. The molecule has 3 aromatic rings. The van der Waals surface area contributed by atoms with Crippen LogP contribution in [0.1, 0.15) is 10.4 Å². The fourth-order valence-electron chi connectivity index (χ4n) is 2.43. The number of hydrogen-bond donors (Lipinski definition) is 2. The van der Waals surface area contributed by atoms with Crippen LogP contribution < -0.4 is 5.32 Å². The second kappa shape index (κ2) is 7.59. The van der Waals surface area contributed by atoms with Crippen LogP contribution in [0.2, 0.25) is 5.02 Å². The summed E-state index contributed by atoms with van der Waals surface area (Å²) >= 11 is 7.26. The molecule has 2 N–H and O–H groups in total. The Bertz CT molecular complexity index is 953. The molecule has 3 rings (SSSR count). The van der Waals surface area contributed by atoms with E-state index in [2.05, 4.69) is 5.32 Å².